The number of amides is 1. The molecular weight excluding hydrogens is 345 g/mol. The zero-order valence-corrected chi connectivity index (χ0v) is 15.6. The van der Waals surface area contributed by atoms with Crippen molar-refractivity contribution >= 4 is 5.91 Å². The molecule has 4 rings (SSSR count). The number of benzene rings is 1. The summed E-state index contributed by atoms with van der Waals surface area (Å²) in [5, 5.41) is 3.88. The number of carbonyl (C=O) groups is 1. The number of halogens is 1. The molecule has 144 valence electrons. The summed E-state index contributed by atoms with van der Waals surface area (Å²) in [5.41, 5.74) is 1.68. The third-order valence-corrected chi connectivity index (χ3v) is 5.72. The van der Waals surface area contributed by atoms with Crippen LogP contribution in [-0.2, 0) is 11.2 Å². The molecule has 1 atom stereocenters. The van der Waals surface area contributed by atoms with Crippen molar-refractivity contribution in [1.29, 1.82) is 0 Å². The smallest absolute Gasteiger partial charge is 0.223 e. The number of likely N-dealkylation sites (tertiary alicyclic amines) is 2. The van der Waals surface area contributed by atoms with Crippen molar-refractivity contribution in [1.82, 2.24) is 15.0 Å². The fourth-order valence-corrected chi connectivity index (χ4v) is 4.28. The molecule has 0 unspecified atom stereocenters. The molecule has 2 aliphatic heterocycles. The molecular formula is C21H26FN3O2. The van der Waals surface area contributed by atoms with E-state index >= 15 is 0 Å². The van der Waals surface area contributed by atoms with Gasteiger partial charge < -0.3 is 14.3 Å². The number of rotatable bonds is 6. The fraction of sp³-hybridized carbons (Fsp3) is 0.524. The highest BCUT2D eigenvalue weighted by atomic mass is 19.1. The second-order valence-corrected chi connectivity index (χ2v) is 7.58. The molecule has 3 heterocycles. The van der Waals surface area contributed by atoms with E-state index in [4.69, 9.17) is 4.52 Å². The maximum Gasteiger partial charge on any atom is 0.223 e. The predicted octanol–water partition coefficient (Wildman–Crippen LogP) is 3.50. The summed E-state index contributed by atoms with van der Waals surface area (Å²) in [7, 11) is 0. The molecule has 2 saturated heterocycles. The van der Waals surface area contributed by atoms with E-state index in [9.17, 15) is 9.18 Å². The lowest BCUT2D eigenvalue weighted by Gasteiger charge is -2.28. The van der Waals surface area contributed by atoms with Crippen LogP contribution in [-0.4, -0.2) is 53.1 Å². The van der Waals surface area contributed by atoms with E-state index in [0.29, 0.717) is 24.6 Å². The first kappa shape index (κ1) is 18.2. The van der Waals surface area contributed by atoms with Crippen molar-refractivity contribution in [3.05, 3.63) is 41.8 Å². The van der Waals surface area contributed by atoms with Gasteiger partial charge in [0.25, 0.3) is 0 Å². The molecule has 5 nitrogen and oxygen atoms in total. The lowest BCUT2D eigenvalue weighted by molar-refractivity contribution is -0.132. The van der Waals surface area contributed by atoms with E-state index in [2.05, 4.69) is 15.0 Å². The topological polar surface area (TPSA) is 49.6 Å². The highest BCUT2D eigenvalue weighted by Gasteiger charge is 2.30. The first-order chi connectivity index (χ1) is 13.2. The van der Waals surface area contributed by atoms with Crippen molar-refractivity contribution in [2.45, 2.75) is 44.6 Å². The van der Waals surface area contributed by atoms with Crippen LogP contribution in [0.25, 0.3) is 11.3 Å². The van der Waals surface area contributed by atoms with Crippen LogP contribution in [0, 0.1) is 5.82 Å². The lowest BCUT2D eigenvalue weighted by Crippen LogP contribution is -2.42. The first-order valence-electron chi connectivity index (χ1n) is 9.92. The molecule has 0 N–H and O–H groups in total. The molecule has 27 heavy (non-hydrogen) atoms. The minimum Gasteiger partial charge on any atom is -0.356 e. The molecule has 0 aliphatic carbocycles. The van der Waals surface area contributed by atoms with E-state index < -0.39 is 0 Å². The van der Waals surface area contributed by atoms with Gasteiger partial charge in [0.05, 0.1) is 6.20 Å². The van der Waals surface area contributed by atoms with E-state index in [-0.39, 0.29) is 11.7 Å². The van der Waals surface area contributed by atoms with E-state index in [1.165, 1.54) is 38.1 Å². The van der Waals surface area contributed by atoms with Crippen LogP contribution in [0.1, 0.15) is 37.7 Å². The van der Waals surface area contributed by atoms with Crippen LogP contribution in [0.5, 0.6) is 0 Å². The van der Waals surface area contributed by atoms with Crippen molar-refractivity contribution < 1.29 is 13.7 Å². The van der Waals surface area contributed by atoms with Gasteiger partial charge in [0, 0.05) is 36.7 Å². The number of nitrogens with zero attached hydrogens (tertiary/aromatic N) is 3. The molecule has 0 saturated carbocycles. The molecule has 2 aliphatic rings. The standard InChI is InChI=1S/C21H26FN3O2/c22-18-8-5-16(6-9-18)21-17(14-23-27-21)7-10-20(26)25-13-3-4-19(25)15-24-11-1-2-12-24/h5-6,8-9,14,19H,1-4,7,10-13,15H2/t19-/m0/s1. The minimum atomic E-state index is -0.284. The molecule has 6 heteroatoms. The molecule has 1 aromatic heterocycles. The highest BCUT2D eigenvalue weighted by Crippen LogP contribution is 2.26. The van der Waals surface area contributed by atoms with Gasteiger partial charge in [-0.25, -0.2) is 4.39 Å². The van der Waals surface area contributed by atoms with Gasteiger partial charge >= 0.3 is 0 Å². The van der Waals surface area contributed by atoms with Crippen LogP contribution in [0.4, 0.5) is 4.39 Å². The van der Waals surface area contributed by atoms with Gasteiger partial charge in [-0.2, -0.15) is 0 Å². The summed E-state index contributed by atoms with van der Waals surface area (Å²) in [6.07, 6.45) is 7.46. The third kappa shape index (κ3) is 4.21. The third-order valence-electron chi connectivity index (χ3n) is 5.72. The Labute approximate surface area is 159 Å². The quantitative estimate of drug-likeness (QED) is 0.780. The van der Waals surface area contributed by atoms with Crippen LogP contribution < -0.4 is 0 Å². The van der Waals surface area contributed by atoms with Crippen LogP contribution in [0.15, 0.2) is 35.0 Å². The van der Waals surface area contributed by atoms with Crippen molar-refractivity contribution in [2.75, 3.05) is 26.2 Å². The SMILES string of the molecule is O=C(CCc1cnoc1-c1ccc(F)cc1)N1CCC[C@H]1CN1CCCC1. The molecule has 0 spiro atoms. The number of carbonyl (C=O) groups excluding carboxylic acids is 1. The summed E-state index contributed by atoms with van der Waals surface area (Å²) in [5.74, 6) is 0.550. The van der Waals surface area contributed by atoms with Gasteiger partial charge in [-0.05, 0) is 69.5 Å². The molecule has 2 fully saturated rings. The summed E-state index contributed by atoms with van der Waals surface area (Å²) in [6.45, 7) is 4.21. The average molecular weight is 371 g/mol. The monoisotopic (exact) mass is 371 g/mol. The molecule has 2 aromatic rings. The van der Waals surface area contributed by atoms with Crippen LogP contribution in [0.3, 0.4) is 0 Å². The Bertz CT molecular complexity index is 768. The summed E-state index contributed by atoms with van der Waals surface area (Å²) in [6, 6.07) is 6.51. The zero-order chi connectivity index (χ0) is 18.6. The van der Waals surface area contributed by atoms with Gasteiger partial charge in [0.1, 0.15) is 5.82 Å². The highest BCUT2D eigenvalue weighted by molar-refractivity contribution is 5.77. The van der Waals surface area contributed by atoms with Crippen molar-refractivity contribution in [3.8, 4) is 11.3 Å². The second kappa shape index (κ2) is 8.21. The number of hydrogen-bond acceptors (Lipinski definition) is 4. The maximum absolute atomic E-state index is 13.1. The average Bonchev–Trinajstić information content (AvgIpc) is 3.43. The van der Waals surface area contributed by atoms with Gasteiger partial charge in [-0.1, -0.05) is 5.16 Å². The molecule has 0 radical (unpaired) electrons. The largest absolute Gasteiger partial charge is 0.356 e. The fourth-order valence-electron chi connectivity index (χ4n) is 4.28. The van der Waals surface area contributed by atoms with Crippen LogP contribution >= 0.6 is 0 Å². The summed E-state index contributed by atoms with van der Waals surface area (Å²) >= 11 is 0. The van der Waals surface area contributed by atoms with E-state index in [1.807, 2.05) is 0 Å². The number of aryl methyl sites for hydroxylation is 1. The Morgan fingerprint density at radius 2 is 1.93 bits per heavy atom. The lowest BCUT2D eigenvalue weighted by atomic mass is 10.0. The van der Waals surface area contributed by atoms with Gasteiger partial charge in [0.2, 0.25) is 5.91 Å². The maximum atomic E-state index is 13.1. The number of aromatic nitrogens is 1. The Hall–Kier alpha value is -2.21. The van der Waals surface area contributed by atoms with E-state index in [0.717, 1.165) is 37.1 Å². The molecule has 1 amide bonds. The summed E-state index contributed by atoms with van der Waals surface area (Å²) < 4.78 is 18.5. The minimum absolute atomic E-state index is 0.211. The Morgan fingerprint density at radius 3 is 2.70 bits per heavy atom. The van der Waals surface area contributed by atoms with Crippen molar-refractivity contribution in [3.63, 3.8) is 0 Å². The first-order valence-corrected chi connectivity index (χ1v) is 9.92. The zero-order valence-electron chi connectivity index (χ0n) is 15.6. The Morgan fingerprint density at radius 1 is 1.15 bits per heavy atom. The molecule has 0 bridgehead atoms. The Kier molecular flexibility index (Phi) is 5.53. The van der Waals surface area contributed by atoms with Gasteiger partial charge in [0.15, 0.2) is 5.76 Å². The van der Waals surface area contributed by atoms with E-state index in [1.54, 1.807) is 18.3 Å². The number of hydrogen-bond donors (Lipinski definition) is 0. The second-order valence-electron chi connectivity index (χ2n) is 7.58. The van der Waals surface area contributed by atoms with Crippen molar-refractivity contribution in [2.24, 2.45) is 0 Å². The molecule has 1 aromatic carbocycles. The van der Waals surface area contributed by atoms with Gasteiger partial charge in [-0.15, -0.1) is 0 Å². The Balaban J connectivity index is 1.36. The normalized spacial score (nSPS) is 20.5. The predicted molar refractivity (Wildman–Crippen MR) is 101 cm³/mol. The van der Waals surface area contributed by atoms with Crippen LogP contribution in [0.2, 0.25) is 0 Å². The van der Waals surface area contributed by atoms with Gasteiger partial charge in [-0.3, -0.25) is 4.79 Å². The summed E-state index contributed by atoms with van der Waals surface area (Å²) in [4.78, 5) is 17.4.